The zero-order valence-electron chi connectivity index (χ0n) is 13.7. The fourth-order valence-electron chi connectivity index (χ4n) is 2.85. The highest BCUT2D eigenvalue weighted by Gasteiger charge is 2.36. The van der Waals surface area contributed by atoms with E-state index in [0.717, 1.165) is 16.7 Å². The molecule has 24 heavy (non-hydrogen) atoms. The van der Waals surface area contributed by atoms with Gasteiger partial charge < -0.3 is 5.73 Å². The molecule has 0 saturated carbocycles. The van der Waals surface area contributed by atoms with Crippen LogP contribution in [0.4, 0.5) is 0 Å². The summed E-state index contributed by atoms with van der Waals surface area (Å²) in [7, 11) is 1.63. The first-order valence-electron chi connectivity index (χ1n) is 7.66. The van der Waals surface area contributed by atoms with E-state index in [9.17, 15) is 4.79 Å². The number of nitrogens with two attached hydrogens (primary N) is 1. The summed E-state index contributed by atoms with van der Waals surface area (Å²) in [6.07, 6.45) is 0.279. The summed E-state index contributed by atoms with van der Waals surface area (Å²) in [6.45, 7) is 1.92. The monoisotopic (exact) mass is 318 g/mol. The molecule has 3 rings (SSSR count). The molecule has 1 amide bonds. The standard InChI is InChI=1S/C19H18N4O/c1-19(11-17(24)23(2)18(21)22-19)16-5-3-4-15(10-16)14-8-6-13(12-20)7-9-14/h3-10H,11H2,1-2H3,(H2,21,22). The quantitative estimate of drug-likeness (QED) is 0.924. The van der Waals surface area contributed by atoms with Gasteiger partial charge in [-0.05, 0) is 41.8 Å². The van der Waals surface area contributed by atoms with E-state index in [1.165, 1.54) is 4.90 Å². The van der Waals surface area contributed by atoms with Gasteiger partial charge >= 0.3 is 0 Å². The third-order valence-electron chi connectivity index (χ3n) is 4.41. The summed E-state index contributed by atoms with van der Waals surface area (Å²) < 4.78 is 0. The van der Waals surface area contributed by atoms with Gasteiger partial charge in [-0.3, -0.25) is 9.69 Å². The second kappa shape index (κ2) is 5.82. The van der Waals surface area contributed by atoms with E-state index < -0.39 is 5.54 Å². The van der Waals surface area contributed by atoms with Crippen molar-refractivity contribution in [3.63, 3.8) is 0 Å². The molecule has 0 spiro atoms. The van der Waals surface area contributed by atoms with Crippen LogP contribution in [-0.4, -0.2) is 23.8 Å². The predicted octanol–water partition coefficient (Wildman–Crippen LogP) is 2.62. The maximum absolute atomic E-state index is 12.2. The van der Waals surface area contributed by atoms with Crippen LogP contribution in [0.15, 0.2) is 53.5 Å². The van der Waals surface area contributed by atoms with E-state index in [0.29, 0.717) is 5.56 Å². The zero-order valence-corrected chi connectivity index (χ0v) is 13.7. The number of carbonyl (C=O) groups excluding carboxylic acids is 1. The van der Waals surface area contributed by atoms with E-state index in [2.05, 4.69) is 11.1 Å². The molecule has 5 heteroatoms. The summed E-state index contributed by atoms with van der Waals surface area (Å²) in [4.78, 5) is 18.1. The summed E-state index contributed by atoms with van der Waals surface area (Å²) in [6, 6.07) is 17.5. The fraction of sp³-hybridized carbons (Fsp3) is 0.211. The van der Waals surface area contributed by atoms with Crippen molar-refractivity contribution in [3.05, 3.63) is 59.7 Å². The first kappa shape index (κ1) is 15.8. The van der Waals surface area contributed by atoms with Gasteiger partial charge in [0.05, 0.1) is 23.6 Å². The van der Waals surface area contributed by atoms with Crippen molar-refractivity contribution in [3.8, 4) is 17.2 Å². The Morgan fingerprint density at radius 3 is 2.54 bits per heavy atom. The average molecular weight is 318 g/mol. The second-order valence-electron chi connectivity index (χ2n) is 6.14. The van der Waals surface area contributed by atoms with Gasteiger partial charge in [0.15, 0.2) is 5.96 Å². The van der Waals surface area contributed by atoms with Gasteiger partial charge in [0.1, 0.15) is 0 Å². The Kier molecular flexibility index (Phi) is 3.82. The molecule has 1 heterocycles. The lowest BCUT2D eigenvalue weighted by molar-refractivity contribution is -0.128. The molecular weight excluding hydrogens is 300 g/mol. The minimum atomic E-state index is -0.670. The number of benzene rings is 2. The highest BCUT2D eigenvalue weighted by molar-refractivity contribution is 5.98. The van der Waals surface area contributed by atoms with Gasteiger partial charge in [0, 0.05) is 7.05 Å². The van der Waals surface area contributed by atoms with Crippen LogP contribution in [0.1, 0.15) is 24.5 Å². The van der Waals surface area contributed by atoms with Crippen molar-refractivity contribution in [2.75, 3.05) is 7.05 Å². The first-order chi connectivity index (χ1) is 11.4. The van der Waals surface area contributed by atoms with Gasteiger partial charge in [0.25, 0.3) is 0 Å². The second-order valence-corrected chi connectivity index (χ2v) is 6.14. The number of hydrogen-bond acceptors (Lipinski definition) is 4. The molecule has 1 unspecified atom stereocenters. The lowest BCUT2D eigenvalue weighted by Crippen LogP contribution is -2.47. The molecule has 5 nitrogen and oxygen atoms in total. The summed E-state index contributed by atoms with van der Waals surface area (Å²) in [5.41, 5.74) is 8.80. The van der Waals surface area contributed by atoms with Crippen LogP contribution >= 0.6 is 0 Å². The number of nitrogens with zero attached hydrogens (tertiary/aromatic N) is 3. The highest BCUT2D eigenvalue weighted by Crippen LogP contribution is 2.34. The van der Waals surface area contributed by atoms with Gasteiger partial charge in [-0.2, -0.15) is 5.26 Å². The Balaban J connectivity index is 2.01. The summed E-state index contributed by atoms with van der Waals surface area (Å²) >= 11 is 0. The summed E-state index contributed by atoms with van der Waals surface area (Å²) in [5, 5.41) is 8.91. The van der Waals surface area contributed by atoms with E-state index in [4.69, 9.17) is 11.0 Å². The number of carbonyl (C=O) groups is 1. The first-order valence-corrected chi connectivity index (χ1v) is 7.66. The maximum atomic E-state index is 12.2. The molecule has 0 aromatic heterocycles. The smallest absolute Gasteiger partial charge is 0.231 e. The number of hydrogen-bond donors (Lipinski definition) is 1. The zero-order chi connectivity index (χ0) is 17.3. The van der Waals surface area contributed by atoms with Crippen molar-refractivity contribution in [1.29, 1.82) is 5.26 Å². The van der Waals surface area contributed by atoms with E-state index in [-0.39, 0.29) is 18.3 Å². The molecule has 2 aromatic carbocycles. The highest BCUT2D eigenvalue weighted by atomic mass is 16.2. The number of nitriles is 1. The average Bonchev–Trinajstić information content (AvgIpc) is 2.60. The molecule has 2 aromatic rings. The van der Waals surface area contributed by atoms with Gasteiger partial charge in [-0.1, -0.05) is 30.3 Å². The molecule has 0 fully saturated rings. The topological polar surface area (TPSA) is 82.5 Å². The molecular formula is C19H18N4O. The van der Waals surface area contributed by atoms with Crippen LogP contribution in [0.5, 0.6) is 0 Å². The molecule has 0 bridgehead atoms. The van der Waals surface area contributed by atoms with Crippen LogP contribution in [0.3, 0.4) is 0 Å². The molecule has 0 radical (unpaired) electrons. The Hall–Kier alpha value is -3.13. The predicted molar refractivity (Wildman–Crippen MR) is 93.0 cm³/mol. The molecule has 0 aliphatic carbocycles. The van der Waals surface area contributed by atoms with Crippen molar-refractivity contribution in [2.24, 2.45) is 10.7 Å². The van der Waals surface area contributed by atoms with Crippen LogP contribution < -0.4 is 5.73 Å². The number of aliphatic imine (C=N–C) groups is 1. The van der Waals surface area contributed by atoms with Crippen molar-refractivity contribution in [1.82, 2.24) is 4.90 Å². The van der Waals surface area contributed by atoms with Gasteiger partial charge in [-0.15, -0.1) is 0 Å². The third-order valence-corrected chi connectivity index (χ3v) is 4.41. The Morgan fingerprint density at radius 1 is 1.21 bits per heavy atom. The fourth-order valence-corrected chi connectivity index (χ4v) is 2.85. The normalized spacial score (nSPS) is 20.5. The van der Waals surface area contributed by atoms with E-state index >= 15 is 0 Å². The van der Waals surface area contributed by atoms with E-state index in [1.54, 1.807) is 19.2 Å². The van der Waals surface area contributed by atoms with E-state index in [1.807, 2.05) is 43.3 Å². The SMILES string of the molecule is CN1C(=O)CC(C)(c2cccc(-c3ccc(C#N)cc3)c2)N=C1N. The van der Waals surface area contributed by atoms with Crippen molar-refractivity contribution in [2.45, 2.75) is 18.9 Å². The number of amides is 1. The molecule has 120 valence electrons. The minimum absolute atomic E-state index is 0.0474. The van der Waals surface area contributed by atoms with Crippen LogP contribution in [0.2, 0.25) is 0 Å². The summed E-state index contributed by atoms with van der Waals surface area (Å²) in [5.74, 6) is 0.186. The molecule has 1 aliphatic heterocycles. The number of guanidine groups is 1. The van der Waals surface area contributed by atoms with Crippen molar-refractivity contribution < 1.29 is 4.79 Å². The maximum Gasteiger partial charge on any atom is 0.231 e. The number of rotatable bonds is 2. The molecule has 2 N–H and O–H groups in total. The van der Waals surface area contributed by atoms with Gasteiger partial charge in [0.2, 0.25) is 5.91 Å². The third kappa shape index (κ3) is 2.74. The molecule has 1 aliphatic rings. The largest absolute Gasteiger partial charge is 0.369 e. The van der Waals surface area contributed by atoms with Crippen molar-refractivity contribution >= 4 is 11.9 Å². The Morgan fingerprint density at radius 2 is 1.92 bits per heavy atom. The van der Waals surface area contributed by atoms with Crippen LogP contribution in [0.25, 0.3) is 11.1 Å². The van der Waals surface area contributed by atoms with Crippen LogP contribution in [-0.2, 0) is 10.3 Å². The Bertz CT molecular complexity index is 864. The molecule has 0 saturated heterocycles. The minimum Gasteiger partial charge on any atom is -0.369 e. The molecule has 1 atom stereocenters. The van der Waals surface area contributed by atoms with Crippen LogP contribution in [0, 0.1) is 11.3 Å². The lowest BCUT2D eigenvalue weighted by atomic mass is 9.86. The Labute approximate surface area is 141 Å². The van der Waals surface area contributed by atoms with Gasteiger partial charge in [-0.25, -0.2) is 4.99 Å². The lowest BCUT2D eigenvalue weighted by Gasteiger charge is -2.33.